The van der Waals surface area contributed by atoms with Gasteiger partial charge in [-0.1, -0.05) is 12.2 Å². The lowest BCUT2D eigenvalue weighted by Crippen LogP contribution is -2.35. The summed E-state index contributed by atoms with van der Waals surface area (Å²) in [4.78, 5) is 26.2. The van der Waals surface area contributed by atoms with Gasteiger partial charge in [-0.15, -0.1) is 0 Å². The first-order valence-corrected chi connectivity index (χ1v) is 5.82. The molecule has 0 bridgehead atoms. The Morgan fingerprint density at radius 1 is 1.33 bits per heavy atom. The zero-order valence-corrected chi connectivity index (χ0v) is 9.80. The van der Waals surface area contributed by atoms with Crippen LogP contribution in [0.4, 0.5) is 0 Å². The topological polar surface area (TPSA) is 79.3 Å². The molecule has 0 aromatic carbocycles. The van der Waals surface area contributed by atoms with Crippen LogP contribution >= 0.6 is 0 Å². The maximum absolute atomic E-state index is 11.9. The Balaban J connectivity index is 2.00. The summed E-state index contributed by atoms with van der Waals surface area (Å²) in [6, 6.07) is 2.96. The molecule has 1 aliphatic rings. The Morgan fingerprint density at radius 2 is 2.17 bits per heavy atom. The van der Waals surface area contributed by atoms with E-state index in [1.54, 1.807) is 0 Å². The molecule has 1 aromatic rings. The minimum Gasteiger partial charge on any atom is -0.477 e. The highest BCUT2D eigenvalue weighted by Gasteiger charge is 2.15. The van der Waals surface area contributed by atoms with Crippen LogP contribution < -0.4 is 5.32 Å². The zero-order valence-electron chi connectivity index (χ0n) is 9.80. The lowest BCUT2D eigenvalue weighted by atomic mass is 10.0. The van der Waals surface area contributed by atoms with Gasteiger partial charge in [0.05, 0.1) is 5.56 Å². The smallest absolute Gasteiger partial charge is 0.354 e. The van der Waals surface area contributed by atoms with Crippen molar-refractivity contribution in [3.05, 3.63) is 41.7 Å². The summed E-state index contributed by atoms with van der Waals surface area (Å²) >= 11 is 0. The molecule has 5 nitrogen and oxygen atoms in total. The number of nitrogens with one attached hydrogen (secondary N) is 1. The molecular formula is C13H14N2O3. The summed E-state index contributed by atoms with van der Waals surface area (Å²) in [5.74, 6) is -1.31. The second kappa shape index (κ2) is 5.44. The second-order valence-corrected chi connectivity index (χ2v) is 4.19. The molecule has 18 heavy (non-hydrogen) atoms. The molecular weight excluding hydrogens is 232 g/mol. The molecule has 1 amide bonds. The Kier molecular flexibility index (Phi) is 3.72. The van der Waals surface area contributed by atoms with E-state index >= 15 is 0 Å². The highest BCUT2D eigenvalue weighted by molar-refractivity contribution is 5.95. The van der Waals surface area contributed by atoms with Gasteiger partial charge in [0.1, 0.15) is 5.69 Å². The normalized spacial score (nSPS) is 18.3. The quantitative estimate of drug-likeness (QED) is 0.794. The Bertz CT molecular complexity index is 480. The van der Waals surface area contributed by atoms with Crippen molar-refractivity contribution in [1.29, 1.82) is 0 Å². The number of carboxylic acids is 1. The number of nitrogens with zero attached hydrogens (tertiary/aromatic N) is 1. The van der Waals surface area contributed by atoms with Crippen LogP contribution in [-0.4, -0.2) is 28.0 Å². The summed E-state index contributed by atoms with van der Waals surface area (Å²) in [6.07, 6.45) is 8.19. The molecule has 1 aliphatic carbocycles. The summed E-state index contributed by atoms with van der Waals surface area (Å²) in [5.41, 5.74) is 0.321. The molecule has 0 aliphatic heterocycles. The Hall–Kier alpha value is -2.17. The number of pyridine rings is 1. The van der Waals surface area contributed by atoms with E-state index in [1.165, 1.54) is 18.3 Å². The molecule has 1 unspecified atom stereocenters. The van der Waals surface area contributed by atoms with Gasteiger partial charge in [-0.2, -0.15) is 0 Å². The van der Waals surface area contributed by atoms with Gasteiger partial charge in [-0.05, 0) is 31.4 Å². The van der Waals surface area contributed by atoms with Crippen molar-refractivity contribution >= 4 is 11.9 Å². The van der Waals surface area contributed by atoms with Gasteiger partial charge in [0.25, 0.3) is 5.91 Å². The number of carboxylic acid groups (broad SMARTS) is 1. The third-order valence-corrected chi connectivity index (χ3v) is 2.85. The van der Waals surface area contributed by atoms with E-state index in [0.29, 0.717) is 5.56 Å². The minimum absolute atomic E-state index is 0.0628. The first-order chi connectivity index (χ1) is 8.66. The molecule has 2 rings (SSSR count). The molecule has 5 heteroatoms. The van der Waals surface area contributed by atoms with Crippen LogP contribution in [0.5, 0.6) is 0 Å². The van der Waals surface area contributed by atoms with Crippen molar-refractivity contribution in [2.45, 2.75) is 25.3 Å². The largest absolute Gasteiger partial charge is 0.477 e. The van der Waals surface area contributed by atoms with Crippen LogP contribution in [0.3, 0.4) is 0 Å². The highest BCUT2D eigenvalue weighted by Crippen LogP contribution is 2.11. The molecule has 0 saturated carbocycles. The van der Waals surface area contributed by atoms with Crippen LogP contribution in [0.25, 0.3) is 0 Å². The molecule has 1 atom stereocenters. The van der Waals surface area contributed by atoms with Crippen LogP contribution in [-0.2, 0) is 0 Å². The van der Waals surface area contributed by atoms with Crippen molar-refractivity contribution in [2.75, 3.05) is 0 Å². The van der Waals surface area contributed by atoms with Crippen molar-refractivity contribution in [2.24, 2.45) is 0 Å². The number of hydrogen-bond acceptors (Lipinski definition) is 3. The first-order valence-electron chi connectivity index (χ1n) is 5.82. The average molecular weight is 246 g/mol. The van der Waals surface area contributed by atoms with E-state index in [1.807, 2.05) is 0 Å². The molecule has 0 fully saturated rings. The third kappa shape index (κ3) is 2.94. The summed E-state index contributed by atoms with van der Waals surface area (Å²) in [6.45, 7) is 0. The Labute approximate surface area is 105 Å². The van der Waals surface area contributed by atoms with E-state index in [4.69, 9.17) is 5.11 Å². The lowest BCUT2D eigenvalue weighted by molar-refractivity contribution is 0.0689. The molecule has 0 saturated heterocycles. The van der Waals surface area contributed by atoms with Crippen LogP contribution in [0.1, 0.15) is 40.1 Å². The molecule has 0 spiro atoms. The van der Waals surface area contributed by atoms with Crippen molar-refractivity contribution in [3.8, 4) is 0 Å². The standard InChI is InChI=1S/C13H14N2O3/c16-12(15-10-4-2-1-3-5-10)9-6-7-11(13(17)18)14-8-9/h1-2,6-8,10H,3-5H2,(H,15,16)(H,17,18). The van der Waals surface area contributed by atoms with Crippen LogP contribution in [0, 0.1) is 0 Å². The van der Waals surface area contributed by atoms with Gasteiger partial charge >= 0.3 is 5.97 Å². The molecule has 2 N–H and O–H groups in total. The van der Waals surface area contributed by atoms with E-state index in [-0.39, 0.29) is 17.6 Å². The molecule has 94 valence electrons. The van der Waals surface area contributed by atoms with Gasteiger partial charge in [-0.3, -0.25) is 4.79 Å². The fraction of sp³-hybridized carbons (Fsp3) is 0.308. The minimum atomic E-state index is -1.10. The third-order valence-electron chi connectivity index (χ3n) is 2.85. The van der Waals surface area contributed by atoms with Crippen molar-refractivity contribution in [3.63, 3.8) is 0 Å². The second-order valence-electron chi connectivity index (χ2n) is 4.19. The number of hydrogen-bond donors (Lipinski definition) is 2. The Morgan fingerprint density at radius 3 is 2.72 bits per heavy atom. The fourth-order valence-electron chi connectivity index (χ4n) is 1.85. The van der Waals surface area contributed by atoms with E-state index < -0.39 is 5.97 Å². The van der Waals surface area contributed by atoms with Gasteiger partial charge in [-0.25, -0.2) is 9.78 Å². The average Bonchev–Trinajstić information content (AvgIpc) is 2.40. The molecule has 1 aromatic heterocycles. The number of carbonyl (C=O) groups excluding carboxylic acids is 1. The van der Waals surface area contributed by atoms with E-state index in [2.05, 4.69) is 22.5 Å². The number of amides is 1. The number of aromatic carboxylic acids is 1. The zero-order chi connectivity index (χ0) is 13.0. The summed E-state index contributed by atoms with van der Waals surface area (Å²) in [7, 11) is 0. The number of allylic oxidation sites excluding steroid dienone is 1. The predicted molar refractivity (Wildman–Crippen MR) is 65.4 cm³/mol. The molecule has 0 radical (unpaired) electrons. The van der Waals surface area contributed by atoms with Gasteiger partial charge < -0.3 is 10.4 Å². The van der Waals surface area contributed by atoms with Crippen LogP contribution in [0.15, 0.2) is 30.5 Å². The van der Waals surface area contributed by atoms with E-state index in [9.17, 15) is 9.59 Å². The van der Waals surface area contributed by atoms with E-state index in [0.717, 1.165) is 19.3 Å². The van der Waals surface area contributed by atoms with Gasteiger partial charge in [0.15, 0.2) is 0 Å². The summed E-state index contributed by atoms with van der Waals surface area (Å²) < 4.78 is 0. The lowest BCUT2D eigenvalue weighted by Gasteiger charge is -2.19. The summed E-state index contributed by atoms with van der Waals surface area (Å²) in [5, 5.41) is 11.6. The SMILES string of the molecule is O=C(NC1CC=CCC1)c1ccc(C(=O)O)nc1. The maximum atomic E-state index is 11.9. The predicted octanol–water partition coefficient (Wildman–Crippen LogP) is 1.62. The van der Waals surface area contributed by atoms with Crippen molar-refractivity contribution < 1.29 is 14.7 Å². The maximum Gasteiger partial charge on any atom is 0.354 e. The fourth-order valence-corrected chi connectivity index (χ4v) is 1.85. The highest BCUT2D eigenvalue weighted by atomic mass is 16.4. The van der Waals surface area contributed by atoms with Gasteiger partial charge in [0.2, 0.25) is 0 Å². The number of rotatable bonds is 3. The molecule has 1 heterocycles. The number of aromatic nitrogens is 1. The van der Waals surface area contributed by atoms with Crippen LogP contribution in [0.2, 0.25) is 0 Å². The van der Waals surface area contributed by atoms with Crippen molar-refractivity contribution in [1.82, 2.24) is 10.3 Å². The monoisotopic (exact) mass is 246 g/mol. The number of carbonyl (C=O) groups is 2. The van der Waals surface area contributed by atoms with Gasteiger partial charge in [0, 0.05) is 12.2 Å². The first kappa shape index (κ1) is 12.3.